The molecule has 0 bridgehead atoms. The second-order valence-electron chi connectivity index (χ2n) is 4.76. The Kier molecular flexibility index (Phi) is 4.82. The van der Waals surface area contributed by atoms with Crippen LogP contribution in [0, 0.1) is 11.6 Å². The number of aryl methyl sites for hydroxylation is 1. The Bertz CT molecular complexity index is 567. The van der Waals surface area contributed by atoms with Crippen LogP contribution in [0.15, 0.2) is 42.5 Å². The third kappa shape index (κ3) is 3.21. The standard InChI is InChI=1S/C16H18F2N2/c1-2-3-11-4-6-12(7-5-11)16(20-19)13-8-9-14(17)15(18)10-13/h4-10,16,20H,2-3,19H2,1H3. The molecule has 0 saturated carbocycles. The lowest BCUT2D eigenvalue weighted by Gasteiger charge is -2.17. The van der Waals surface area contributed by atoms with E-state index in [0.717, 1.165) is 24.5 Å². The van der Waals surface area contributed by atoms with Gasteiger partial charge < -0.3 is 0 Å². The number of rotatable bonds is 5. The van der Waals surface area contributed by atoms with Crippen LogP contribution in [-0.4, -0.2) is 0 Å². The summed E-state index contributed by atoms with van der Waals surface area (Å²) < 4.78 is 26.3. The van der Waals surface area contributed by atoms with Crippen molar-refractivity contribution in [3.05, 3.63) is 70.8 Å². The first-order valence-electron chi connectivity index (χ1n) is 6.65. The fourth-order valence-corrected chi connectivity index (χ4v) is 2.24. The number of halogens is 2. The predicted octanol–water partition coefficient (Wildman–Crippen LogP) is 3.47. The van der Waals surface area contributed by atoms with Crippen LogP contribution in [0.5, 0.6) is 0 Å². The molecule has 0 aromatic heterocycles. The molecule has 0 heterocycles. The molecule has 0 spiro atoms. The number of hydrogen-bond donors (Lipinski definition) is 2. The van der Waals surface area contributed by atoms with Gasteiger partial charge in [-0.05, 0) is 35.2 Å². The van der Waals surface area contributed by atoms with Crippen LogP contribution in [0.3, 0.4) is 0 Å². The largest absolute Gasteiger partial charge is 0.271 e. The number of nitrogens with two attached hydrogens (primary N) is 1. The maximum Gasteiger partial charge on any atom is 0.159 e. The highest BCUT2D eigenvalue weighted by Gasteiger charge is 2.14. The molecule has 0 aliphatic heterocycles. The monoisotopic (exact) mass is 276 g/mol. The zero-order valence-corrected chi connectivity index (χ0v) is 11.4. The molecule has 3 N–H and O–H groups in total. The molecule has 0 aliphatic rings. The van der Waals surface area contributed by atoms with Crippen LogP contribution in [0.4, 0.5) is 8.78 Å². The summed E-state index contributed by atoms with van der Waals surface area (Å²) in [5, 5.41) is 0. The quantitative estimate of drug-likeness (QED) is 0.648. The van der Waals surface area contributed by atoms with Crippen molar-refractivity contribution < 1.29 is 8.78 Å². The Hall–Kier alpha value is -1.78. The molecule has 20 heavy (non-hydrogen) atoms. The highest BCUT2D eigenvalue weighted by Crippen LogP contribution is 2.23. The van der Waals surface area contributed by atoms with Gasteiger partial charge in [0.2, 0.25) is 0 Å². The molecule has 2 nitrogen and oxygen atoms in total. The Balaban J connectivity index is 2.29. The average Bonchev–Trinajstić information content (AvgIpc) is 2.46. The summed E-state index contributed by atoms with van der Waals surface area (Å²) in [5.41, 5.74) is 5.40. The van der Waals surface area contributed by atoms with Crippen LogP contribution in [0.2, 0.25) is 0 Å². The molecule has 1 atom stereocenters. The first-order chi connectivity index (χ1) is 9.65. The minimum Gasteiger partial charge on any atom is -0.271 e. The fraction of sp³-hybridized carbons (Fsp3) is 0.250. The fourth-order valence-electron chi connectivity index (χ4n) is 2.24. The minimum atomic E-state index is -0.870. The molecule has 2 aromatic rings. The summed E-state index contributed by atoms with van der Waals surface area (Å²) in [5.74, 6) is 3.83. The topological polar surface area (TPSA) is 38.0 Å². The SMILES string of the molecule is CCCc1ccc(C(NN)c2ccc(F)c(F)c2)cc1. The molecule has 0 aliphatic carbocycles. The van der Waals surface area contributed by atoms with Gasteiger partial charge in [-0.1, -0.05) is 43.7 Å². The van der Waals surface area contributed by atoms with Gasteiger partial charge in [-0.25, -0.2) is 14.2 Å². The summed E-state index contributed by atoms with van der Waals surface area (Å²) in [6.07, 6.45) is 2.10. The molecule has 0 amide bonds. The lowest BCUT2D eigenvalue weighted by atomic mass is 9.97. The zero-order valence-electron chi connectivity index (χ0n) is 11.4. The van der Waals surface area contributed by atoms with Crippen molar-refractivity contribution in [2.24, 2.45) is 5.84 Å². The summed E-state index contributed by atoms with van der Waals surface area (Å²) in [4.78, 5) is 0. The van der Waals surface area contributed by atoms with E-state index in [-0.39, 0.29) is 6.04 Å². The maximum atomic E-state index is 13.3. The van der Waals surface area contributed by atoms with Crippen molar-refractivity contribution in [1.29, 1.82) is 0 Å². The van der Waals surface area contributed by atoms with Gasteiger partial charge in [0.15, 0.2) is 11.6 Å². The molecule has 2 aromatic carbocycles. The molecule has 0 radical (unpaired) electrons. The number of nitrogens with one attached hydrogen (secondary N) is 1. The summed E-state index contributed by atoms with van der Waals surface area (Å²) in [6.45, 7) is 2.12. The average molecular weight is 276 g/mol. The van der Waals surface area contributed by atoms with Crippen LogP contribution >= 0.6 is 0 Å². The molecule has 0 saturated heterocycles. The highest BCUT2D eigenvalue weighted by atomic mass is 19.2. The van der Waals surface area contributed by atoms with Crippen LogP contribution in [-0.2, 0) is 6.42 Å². The molecular formula is C16H18F2N2. The zero-order chi connectivity index (χ0) is 14.5. The first kappa shape index (κ1) is 14.6. The van der Waals surface area contributed by atoms with Crippen molar-refractivity contribution in [2.45, 2.75) is 25.8 Å². The van der Waals surface area contributed by atoms with Crippen molar-refractivity contribution in [1.82, 2.24) is 5.43 Å². The molecule has 2 rings (SSSR count). The smallest absolute Gasteiger partial charge is 0.159 e. The third-order valence-electron chi connectivity index (χ3n) is 3.30. The van der Waals surface area contributed by atoms with Gasteiger partial charge in [0.1, 0.15) is 0 Å². The van der Waals surface area contributed by atoms with E-state index in [2.05, 4.69) is 12.3 Å². The number of hydrazine groups is 1. The van der Waals surface area contributed by atoms with Gasteiger partial charge in [0.25, 0.3) is 0 Å². The van der Waals surface area contributed by atoms with Crippen LogP contribution < -0.4 is 11.3 Å². The second-order valence-corrected chi connectivity index (χ2v) is 4.76. The van der Waals surface area contributed by atoms with E-state index in [4.69, 9.17) is 5.84 Å². The normalized spacial score (nSPS) is 12.4. The van der Waals surface area contributed by atoms with Crippen molar-refractivity contribution >= 4 is 0 Å². The maximum absolute atomic E-state index is 13.3. The highest BCUT2D eigenvalue weighted by molar-refractivity contribution is 5.34. The van der Waals surface area contributed by atoms with E-state index in [1.165, 1.54) is 17.7 Å². The van der Waals surface area contributed by atoms with E-state index in [0.29, 0.717) is 5.56 Å². The molecule has 0 fully saturated rings. The van der Waals surface area contributed by atoms with Gasteiger partial charge in [-0.15, -0.1) is 0 Å². The van der Waals surface area contributed by atoms with Gasteiger partial charge in [0.05, 0.1) is 6.04 Å². The Labute approximate surface area is 117 Å². The predicted molar refractivity (Wildman–Crippen MR) is 76.0 cm³/mol. The Morgan fingerprint density at radius 3 is 2.20 bits per heavy atom. The summed E-state index contributed by atoms with van der Waals surface area (Å²) in [6, 6.07) is 11.4. The van der Waals surface area contributed by atoms with E-state index in [1.54, 1.807) is 0 Å². The number of hydrogen-bond acceptors (Lipinski definition) is 2. The van der Waals surface area contributed by atoms with E-state index >= 15 is 0 Å². The second kappa shape index (κ2) is 6.59. The van der Waals surface area contributed by atoms with E-state index < -0.39 is 11.6 Å². The van der Waals surface area contributed by atoms with E-state index in [9.17, 15) is 8.78 Å². The van der Waals surface area contributed by atoms with Crippen molar-refractivity contribution in [3.8, 4) is 0 Å². The Morgan fingerprint density at radius 1 is 1.00 bits per heavy atom. The van der Waals surface area contributed by atoms with Crippen molar-refractivity contribution in [3.63, 3.8) is 0 Å². The summed E-state index contributed by atoms with van der Waals surface area (Å²) >= 11 is 0. The molecular weight excluding hydrogens is 258 g/mol. The van der Waals surface area contributed by atoms with Crippen molar-refractivity contribution in [2.75, 3.05) is 0 Å². The lowest BCUT2D eigenvalue weighted by molar-refractivity contribution is 0.504. The van der Waals surface area contributed by atoms with Gasteiger partial charge in [0, 0.05) is 0 Å². The van der Waals surface area contributed by atoms with Crippen LogP contribution in [0.1, 0.15) is 36.1 Å². The van der Waals surface area contributed by atoms with Gasteiger partial charge in [-0.3, -0.25) is 5.84 Å². The molecule has 106 valence electrons. The molecule has 1 unspecified atom stereocenters. The first-order valence-corrected chi connectivity index (χ1v) is 6.65. The van der Waals surface area contributed by atoms with E-state index in [1.807, 2.05) is 24.3 Å². The lowest BCUT2D eigenvalue weighted by Crippen LogP contribution is -2.29. The minimum absolute atomic E-state index is 0.360. The van der Waals surface area contributed by atoms with Gasteiger partial charge >= 0.3 is 0 Å². The summed E-state index contributed by atoms with van der Waals surface area (Å²) in [7, 11) is 0. The number of benzene rings is 2. The third-order valence-corrected chi connectivity index (χ3v) is 3.30. The Morgan fingerprint density at radius 2 is 1.65 bits per heavy atom. The molecule has 4 heteroatoms. The van der Waals surface area contributed by atoms with Gasteiger partial charge in [-0.2, -0.15) is 0 Å². The van der Waals surface area contributed by atoms with Crippen LogP contribution in [0.25, 0.3) is 0 Å².